The zero-order valence-corrected chi connectivity index (χ0v) is 10.3. The van der Waals surface area contributed by atoms with Gasteiger partial charge in [0.1, 0.15) is 6.10 Å². The summed E-state index contributed by atoms with van der Waals surface area (Å²) in [6, 6.07) is 5.09. The lowest BCUT2D eigenvalue weighted by Crippen LogP contribution is -2.23. The second kappa shape index (κ2) is 5.58. The largest absolute Gasteiger partial charge is 0.497 e. The van der Waals surface area contributed by atoms with Crippen LogP contribution in [0, 0.1) is 6.92 Å². The third kappa shape index (κ3) is 3.03. The summed E-state index contributed by atoms with van der Waals surface area (Å²) in [5, 5.41) is 12.2. The fraction of sp³-hybridized carbons (Fsp3) is 0.357. The molecule has 4 heteroatoms. The zero-order valence-electron chi connectivity index (χ0n) is 10.3. The van der Waals surface area contributed by atoms with E-state index < -0.39 is 5.97 Å². The Labute approximate surface area is 106 Å². The van der Waals surface area contributed by atoms with Crippen LogP contribution in [0.15, 0.2) is 30.5 Å². The second-order valence-electron chi connectivity index (χ2n) is 4.42. The van der Waals surface area contributed by atoms with Crippen molar-refractivity contribution in [3.8, 4) is 0 Å². The Morgan fingerprint density at radius 2 is 2.39 bits per heavy atom. The van der Waals surface area contributed by atoms with Crippen LogP contribution in [0.4, 0.5) is 5.69 Å². The number of nitrogens with one attached hydrogen (secondary N) is 1. The molecule has 1 heterocycles. The highest BCUT2D eigenvalue weighted by Crippen LogP contribution is 2.18. The maximum atomic E-state index is 10.8. The molecular weight excluding hydrogens is 230 g/mol. The van der Waals surface area contributed by atoms with Gasteiger partial charge in [-0.1, -0.05) is 0 Å². The van der Waals surface area contributed by atoms with Crippen molar-refractivity contribution in [1.29, 1.82) is 0 Å². The van der Waals surface area contributed by atoms with Crippen molar-refractivity contribution in [2.75, 3.05) is 11.9 Å². The number of carbonyl (C=O) groups is 1. The SMILES string of the molecule is Cc1cc(C(=O)O)ccc1NCC1CCC=CO1. The lowest BCUT2D eigenvalue weighted by Gasteiger charge is -2.21. The van der Waals surface area contributed by atoms with Crippen molar-refractivity contribution >= 4 is 11.7 Å². The first-order valence-corrected chi connectivity index (χ1v) is 6.05. The lowest BCUT2D eigenvalue weighted by molar-refractivity contribution is 0.0697. The van der Waals surface area contributed by atoms with E-state index in [1.807, 2.05) is 13.0 Å². The monoisotopic (exact) mass is 247 g/mol. The number of allylic oxidation sites excluding steroid dienone is 1. The van der Waals surface area contributed by atoms with Gasteiger partial charge in [0.15, 0.2) is 0 Å². The maximum absolute atomic E-state index is 10.8. The van der Waals surface area contributed by atoms with Crippen molar-refractivity contribution in [1.82, 2.24) is 0 Å². The normalized spacial score (nSPS) is 18.2. The van der Waals surface area contributed by atoms with E-state index in [0.717, 1.165) is 30.6 Å². The van der Waals surface area contributed by atoms with Gasteiger partial charge in [0.25, 0.3) is 0 Å². The van der Waals surface area contributed by atoms with Crippen LogP contribution in [0.5, 0.6) is 0 Å². The van der Waals surface area contributed by atoms with Gasteiger partial charge in [-0.25, -0.2) is 4.79 Å². The van der Waals surface area contributed by atoms with Crippen LogP contribution in [-0.2, 0) is 4.74 Å². The molecule has 2 rings (SSSR count). The summed E-state index contributed by atoms with van der Waals surface area (Å²) in [5.41, 5.74) is 2.20. The van der Waals surface area contributed by atoms with Gasteiger partial charge < -0.3 is 15.2 Å². The first-order chi connectivity index (χ1) is 8.66. The van der Waals surface area contributed by atoms with Gasteiger partial charge in [-0.05, 0) is 49.6 Å². The summed E-state index contributed by atoms with van der Waals surface area (Å²) in [5.74, 6) is -0.898. The molecule has 18 heavy (non-hydrogen) atoms. The molecular formula is C14H17NO3. The van der Waals surface area contributed by atoms with Crippen LogP contribution >= 0.6 is 0 Å². The summed E-state index contributed by atoms with van der Waals surface area (Å²) in [6.07, 6.45) is 6.01. The Balaban J connectivity index is 1.97. The summed E-state index contributed by atoms with van der Waals surface area (Å²) >= 11 is 0. The Bertz CT molecular complexity index is 468. The Hall–Kier alpha value is -1.97. The smallest absolute Gasteiger partial charge is 0.335 e. The molecule has 0 saturated carbocycles. The molecule has 0 amide bonds. The fourth-order valence-corrected chi connectivity index (χ4v) is 1.95. The van der Waals surface area contributed by atoms with Gasteiger partial charge in [0.2, 0.25) is 0 Å². The average molecular weight is 247 g/mol. The van der Waals surface area contributed by atoms with Gasteiger partial charge in [0.05, 0.1) is 18.4 Å². The summed E-state index contributed by atoms with van der Waals surface area (Å²) in [6.45, 7) is 2.63. The first kappa shape index (κ1) is 12.5. The number of aryl methyl sites for hydroxylation is 1. The van der Waals surface area contributed by atoms with E-state index in [2.05, 4.69) is 5.32 Å². The van der Waals surface area contributed by atoms with E-state index in [1.165, 1.54) is 0 Å². The quantitative estimate of drug-likeness (QED) is 0.859. The van der Waals surface area contributed by atoms with Crippen LogP contribution in [0.25, 0.3) is 0 Å². The van der Waals surface area contributed by atoms with E-state index in [-0.39, 0.29) is 6.10 Å². The van der Waals surface area contributed by atoms with Crippen molar-refractivity contribution in [2.45, 2.75) is 25.9 Å². The van der Waals surface area contributed by atoms with Crippen molar-refractivity contribution in [3.05, 3.63) is 41.7 Å². The minimum atomic E-state index is -0.898. The van der Waals surface area contributed by atoms with Crippen LogP contribution in [0.3, 0.4) is 0 Å². The molecule has 0 radical (unpaired) electrons. The molecule has 0 aromatic heterocycles. The van der Waals surface area contributed by atoms with E-state index in [9.17, 15) is 4.79 Å². The topological polar surface area (TPSA) is 58.6 Å². The molecule has 2 N–H and O–H groups in total. The molecule has 1 atom stereocenters. The molecule has 1 unspecified atom stereocenters. The highest BCUT2D eigenvalue weighted by atomic mass is 16.5. The number of hydrogen-bond donors (Lipinski definition) is 2. The predicted molar refractivity (Wildman–Crippen MR) is 69.9 cm³/mol. The number of rotatable bonds is 4. The number of carboxylic acids is 1. The lowest BCUT2D eigenvalue weighted by atomic mass is 10.1. The highest BCUT2D eigenvalue weighted by molar-refractivity contribution is 5.88. The summed E-state index contributed by atoms with van der Waals surface area (Å²) < 4.78 is 5.46. The van der Waals surface area contributed by atoms with Crippen molar-refractivity contribution < 1.29 is 14.6 Å². The Morgan fingerprint density at radius 3 is 3.00 bits per heavy atom. The van der Waals surface area contributed by atoms with Crippen LogP contribution < -0.4 is 5.32 Å². The van der Waals surface area contributed by atoms with E-state index in [1.54, 1.807) is 24.5 Å². The van der Waals surface area contributed by atoms with Crippen LogP contribution in [0.2, 0.25) is 0 Å². The van der Waals surface area contributed by atoms with Gasteiger partial charge in [-0.3, -0.25) is 0 Å². The molecule has 1 aliphatic heterocycles. The first-order valence-electron chi connectivity index (χ1n) is 6.05. The molecule has 0 saturated heterocycles. The van der Waals surface area contributed by atoms with Crippen LogP contribution in [0.1, 0.15) is 28.8 Å². The molecule has 1 aromatic rings. The highest BCUT2D eigenvalue weighted by Gasteiger charge is 2.11. The molecule has 4 nitrogen and oxygen atoms in total. The molecule has 0 bridgehead atoms. The van der Waals surface area contributed by atoms with Crippen LogP contribution in [-0.4, -0.2) is 23.7 Å². The average Bonchev–Trinajstić information content (AvgIpc) is 2.38. The summed E-state index contributed by atoms with van der Waals surface area (Å²) in [4.78, 5) is 10.8. The van der Waals surface area contributed by atoms with Gasteiger partial charge in [-0.2, -0.15) is 0 Å². The molecule has 1 aromatic carbocycles. The number of aromatic carboxylic acids is 1. The van der Waals surface area contributed by atoms with Gasteiger partial charge >= 0.3 is 5.97 Å². The molecule has 0 spiro atoms. The van der Waals surface area contributed by atoms with E-state index >= 15 is 0 Å². The Morgan fingerprint density at radius 1 is 1.56 bits per heavy atom. The van der Waals surface area contributed by atoms with Crippen molar-refractivity contribution in [3.63, 3.8) is 0 Å². The fourth-order valence-electron chi connectivity index (χ4n) is 1.95. The number of carboxylic acid groups (broad SMARTS) is 1. The minimum absolute atomic E-state index is 0.188. The standard InChI is InChI=1S/C14H17NO3/c1-10-8-11(14(16)17)5-6-13(10)15-9-12-4-2-3-7-18-12/h3,5-8,12,15H,2,4,9H2,1H3,(H,16,17). The van der Waals surface area contributed by atoms with Crippen molar-refractivity contribution in [2.24, 2.45) is 0 Å². The minimum Gasteiger partial charge on any atom is -0.497 e. The third-order valence-corrected chi connectivity index (χ3v) is 3.02. The molecule has 1 aliphatic rings. The van der Waals surface area contributed by atoms with E-state index in [4.69, 9.17) is 9.84 Å². The second-order valence-corrected chi connectivity index (χ2v) is 4.42. The van der Waals surface area contributed by atoms with E-state index in [0.29, 0.717) is 5.56 Å². The maximum Gasteiger partial charge on any atom is 0.335 e. The van der Waals surface area contributed by atoms with Gasteiger partial charge in [-0.15, -0.1) is 0 Å². The third-order valence-electron chi connectivity index (χ3n) is 3.02. The molecule has 0 aliphatic carbocycles. The molecule has 0 fully saturated rings. The van der Waals surface area contributed by atoms with Gasteiger partial charge in [0, 0.05) is 5.69 Å². The summed E-state index contributed by atoms with van der Waals surface area (Å²) in [7, 11) is 0. The molecule has 96 valence electrons. The number of hydrogen-bond acceptors (Lipinski definition) is 3. The number of benzene rings is 1. The Kier molecular flexibility index (Phi) is 3.87. The predicted octanol–water partition coefficient (Wildman–Crippen LogP) is 2.80. The zero-order chi connectivity index (χ0) is 13.0. The number of anilines is 1. The number of ether oxygens (including phenoxy) is 1.